The van der Waals surface area contributed by atoms with E-state index < -0.39 is 17.7 Å². The van der Waals surface area contributed by atoms with E-state index in [1.165, 1.54) is 12.0 Å². The van der Waals surface area contributed by atoms with Gasteiger partial charge in [0, 0.05) is 18.8 Å². The minimum Gasteiger partial charge on any atom is -0.495 e. The maximum absolute atomic E-state index is 13.8. The van der Waals surface area contributed by atoms with Gasteiger partial charge in [-0.3, -0.25) is 14.5 Å². The second-order valence-electron chi connectivity index (χ2n) is 12.4. The molecular weight excluding hydrogens is 600 g/mol. The van der Waals surface area contributed by atoms with Crippen LogP contribution in [0, 0.1) is 6.92 Å². The van der Waals surface area contributed by atoms with Crippen LogP contribution in [-0.2, 0) is 25.5 Å². The van der Waals surface area contributed by atoms with Gasteiger partial charge in [-0.15, -0.1) is 0 Å². The maximum atomic E-state index is 13.8. The van der Waals surface area contributed by atoms with Gasteiger partial charge in [0.2, 0.25) is 5.91 Å². The third-order valence-electron chi connectivity index (χ3n) is 7.65. The molecule has 1 aliphatic rings. The quantitative estimate of drug-likeness (QED) is 0.239. The lowest BCUT2D eigenvalue weighted by molar-refractivity contribution is -0.143. The third-order valence-corrected chi connectivity index (χ3v) is 7.65. The summed E-state index contributed by atoms with van der Waals surface area (Å²) in [7, 11) is 1.50. The maximum Gasteiger partial charge on any atom is 0.414 e. The number of para-hydroxylation sites is 1. The Morgan fingerprint density at radius 3 is 2.28 bits per heavy atom. The average Bonchev–Trinajstić information content (AvgIpc) is 3.01. The summed E-state index contributed by atoms with van der Waals surface area (Å²) in [6.45, 7) is 11.8. The number of carbonyl (C=O) groups excluding carboxylic acids is 4. The molecule has 0 aliphatic carbocycles. The van der Waals surface area contributed by atoms with Crippen LogP contribution in [0.3, 0.4) is 0 Å². The molecule has 11 nitrogen and oxygen atoms in total. The Hall–Kier alpha value is -5.06. The Kier molecular flexibility index (Phi) is 11.1. The summed E-state index contributed by atoms with van der Waals surface area (Å²) in [4.78, 5) is 55.1. The van der Waals surface area contributed by atoms with E-state index >= 15 is 0 Å². The van der Waals surface area contributed by atoms with E-state index in [0.717, 1.165) is 11.1 Å². The number of hydrogen-bond donors (Lipinski definition) is 2. The highest BCUT2D eigenvalue weighted by Gasteiger charge is 2.33. The molecule has 11 heteroatoms. The van der Waals surface area contributed by atoms with Crippen molar-refractivity contribution in [3.05, 3.63) is 77.4 Å². The molecule has 3 aromatic carbocycles. The van der Waals surface area contributed by atoms with Crippen molar-refractivity contribution < 1.29 is 33.4 Å². The topological polar surface area (TPSA) is 127 Å². The molecule has 2 N–H and O–H groups in total. The number of ether oxygens (including phenoxy) is 3. The van der Waals surface area contributed by atoms with Gasteiger partial charge >= 0.3 is 18.1 Å². The van der Waals surface area contributed by atoms with E-state index in [4.69, 9.17) is 14.2 Å². The van der Waals surface area contributed by atoms with Crippen molar-refractivity contribution in [1.82, 2.24) is 0 Å². The zero-order valence-corrected chi connectivity index (χ0v) is 28.1. The van der Waals surface area contributed by atoms with Crippen molar-refractivity contribution in [2.24, 2.45) is 0 Å². The molecule has 4 amide bonds. The smallest absolute Gasteiger partial charge is 0.414 e. The Morgan fingerprint density at radius 2 is 1.60 bits per heavy atom. The summed E-state index contributed by atoms with van der Waals surface area (Å²) in [5.41, 5.74) is 3.99. The van der Waals surface area contributed by atoms with E-state index in [1.54, 1.807) is 56.9 Å². The fourth-order valence-electron chi connectivity index (χ4n) is 5.29. The van der Waals surface area contributed by atoms with Gasteiger partial charge in [0.25, 0.3) is 0 Å². The summed E-state index contributed by atoms with van der Waals surface area (Å²) < 4.78 is 16.4. The Balaban J connectivity index is 1.55. The molecule has 0 radical (unpaired) electrons. The molecule has 0 fully saturated rings. The van der Waals surface area contributed by atoms with Crippen LogP contribution in [0.5, 0.6) is 5.75 Å². The van der Waals surface area contributed by atoms with Gasteiger partial charge in [0.05, 0.1) is 43.6 Å². The van der Waals surface area contributed by atoms with Gasteiger partial charge in [-0.2, -0.15) is 0 Å². The van der Waals surface area contributed by atoms with Gasteiger partial charge in [-0.25, -0.2) is 9.59 Å². The highest BCUT2D eigenvalue weighted by atomic mass is 16.6. The summed E-state index contributed by atoms with van der Waals surface area (Å²) in [5.74, 6) is -0.250. The number of methoxy groups -OCH3 is 1. The molecule has 0 saturated carbocycles. The number of esters is 1. The van der Waals surface area contributed by atoms with Crippen LogP contribution in [0.1, 0.15) is 63.6 Å². The minimum absolute atomic E-state index is 0.0545. The molecule has 1 atom stereocenters. The summed E-state index contributed by atoms with van der Waals surface area (Å²) in [6.07, 6.45) is -0.277. The van der Waals surface area contributed by atoms with Crippen LogP contribution in [-0.4, -0.2) is 56.4 Å². The van der Waals surface area contributed by atoms with Crippen LogP contribution in [0.25, 0.3) is 0 Å². The minimum atomic E-state index is -0.708. The number of hydrogen-bond acceptors (Lipinski definition) is 7. The first-order valence-electron chi connectivity index (χ1n) is 15.7. The highest BCUT2D eigenvalue weighted by molar-refractivity contribution is 6.04. The molecule has 0 aromatic heterocycles. The van der Waals surface area contributed by atoms with Gasteiger partial charge in [-0.05, 0) is 87.6 Å². The van der Waals surface area contributed by atoms with E-state index in [2.05, 4.69) is 10.6 Å². The second-order valence-corrected chi connectivity index (χ2v) is 12.4. The first-order chi connectivity index (χ1) is 22.3. The van der Waals surface area contributed by atoms with E-state index in [-0.39, 0.29) is 43.7 Å². The van der Waals surface area contributed by atoms with Crippen molar-refractivity contribution in [3.8, 4) is 5.75 Å². The first-order valence-corrected chi connectivity index (χ1v) is 15.7. The number of fused-ring (bicyclic) bond motifs is 1. The largest absolute Gasteiger partial charge is 0.495 e. The number of nitrogens with zero attached hydrogens (tertiary/aromatic N) is 2. The molecular formula is C36H44N4O7. The monoisotopic (exact) mass is 644 g/mol. The Labute approximate surface area is 276 Å². The van der Waals surface area contributed by atoms with Crippen molar-refractivity contribution in [3.63, 3.8) is 0 Å². The lowest BCUT2D eigenvalue weighted by Gasteiger charge is -2.37. The first kappa shape index (κ1) is 34.8. The van der Waals surface area contributed by atoms with Crippen molar-refractivity contribution >= 4 is 46.8 Å². The third kappa shape index (κ3) is 9.02. The van der Waals surface area contributed by atoms with E-state index in [9.17, 15) is 19.2 Å². The Morgan fingerprint density at radius 1 is 0.894 bits per heavy atom. The normalized spacial score (nSPS) is 13.3. The number of rotatable bonds is 9. The lowest BCUT2D eigenvalue weighted by atomic mass is 9.95. The van der Waals surface area contributed by atoms with Gasteiger partial charge in [-0.1, -0.05) is 37.3 Å². The number of benzene rings is 3. The van der Waals surface area contributed by atoms with Crippen LogP contribution in [0.2, 0.25) is 0 Å². The van der Waals surface area contributed by atoms with Crippen LogP contribution >= 0.6 is 0 Å². The van der Waals surface area contributed by atoms with Gasteiger partial charge in [0.1, 0.15) is 11.4 Å². The molecule has 0 bridgehead atoms. The molecule has 0 spiro atoms. The predicted molar refractivity (Wildman–Crippen MR) is 183 cm³/mol. The van der Waals surface area contributed by atoms with Gasteiger partial charge in [0.15, 0.2) is 0 Å². The summed E-state index contributed by atoms with van der Waals surface area (Å²) in [5, 5.41) is 5.64. The number of amides is 4. The van der Waals surface area contributed by atoms with Crippen molar-refractivity contribution in [2.45, 2.75) is 65.9 Å². The fraction of sp³-hybridized carbons (Fsp3) is 0.389. The van der Waals surface area contributed by atoms with Crippen LogP contribution in [0.4, 0.5) is 32.3 Å². The predicted octanol–water partition coefficient (Wildman–Crippen LogP) is 7.04. The standard InChI is InChI=1S/C36H44N4O7/c1-8-46-33(42)19-24(3)26-14-16-29-30(22-26)40(35(44)47-36(4,5)6)18-17-39(29)32(41)21-25-13-15-28(31(20-25)45-7)38-34(43)37-27-12-10-9-11-23(27)2/h9-16,20,22,24H,8,17-19,21H2,1-7H3,(H2,37,38,43). The number of anilines is 4. The molecule has 47 heavy (non-hydrogen) atoms. The number of nitrogens with one attached hydrogen (secondary N) is 2. The molecule has 0 saturated heterocycles. The molecule has 1 unspecified atom stereocenters. The molecule has 1 heterocycles. The van der Waals surface area contributed by atoms with E-state index in [0.29, 0.717) is 40.7 Å². The number of carbonyl (C=O) groups is 4. The lowest BCUT2D eigenvalue weighted by Crippen LogP contribution is -2.48. The van der Waals surface area contributed by atoms with Crippen LogP contribution < -0.4 is 25.2 Å². The zero-order valence-electron chi connectivity index (χ0n) is 28.1. The van der Waals surface area contributed by atoms with Crippen molar-refractivity contribution in [2.75, 3.05) is 47.2 Å². The fourth-order valence-corrected chi connectivity index (χ4v) is 5.29. The Bertz CT molecular complexity index is 1630. The molecule has 3 aromatic rings. The molecule has 4 rings (SSSR count). The molecule has 1 aliphatic heterocycles. The highest BCUT2D eigenvalue weighted by Crippen LogP contribution is 2.38. The SMILES string of the molecule is CCOC(=O)CC(C)c1ccc2c(c1)N(C(=O)OC(C)(C)C)CCN2C(=O)Cc1ccc(NC(=O)Nc2ccccc2C)c(OC)c1. The number of urea groups is 1. The van der Waals surface area contributed by atoms with Crippen molar-refractivity contribution in [1.29, 1.82) is 0 Å². The summed E-state index contributed by atoms with van der Waals surface area (Å²) in [6, 6.07) is 17.7. The second kappa shape index (κ2) is 15.0. The van der Waals surface area contributed by atoms with E-state index in [1.807, 2.05) is 50.2 Å². The van der Waals surface area contributed by atoms with Gasteiger partial charge < -0.3 is 29.7 Å². The number of aryl methyl sites for hydroxylation is 1. The average molecular weight is 645 g/mol. The van der Waals surface area contributed by atoms with Crippen LogP contribution in [0.15, 0.2) is 60.7 Å². The zero-order chi connectivity index (χ0) is 34.3. The summed E-state index contributed by atoms with van der Waals surface area (Å²) >= 11 is 0. The molecule has 250 valence electrons.